The van der Waals surface area contributed by atoms with E-state index in [2.05, 4.69) is 21.9 Å². The first kappa shape index (κ1) is 14.8. The van der Waals surface area contributed by atoms with Gasteiger partial charge in [0.15, 0.2) is 0 Å². The molecule has 21 heavy (non-hydrogen) atoms. The molecule has 1 N–H and O–H groups in total. The van der Waals surface area contributed by atoms with E-state index in [4.69, 9.17) is 0 Å². The van der Waals surface area contributed by atoms with Gasteiger partial charge in [0.1, 0.15) is 18.1 Å². The Morgan fingerprint density at radius 1 is 1.33 bits per heavy atom. The van der Waals surface area contributed by atoms with Gasteiger partial charge in [-0.05, 0) is 12.0 Å². The van der Waals surface area contributed by atoms with Gasteiger partial charge in [0.2, 0.25) is 17.7 Å². The number of amides is 4. The minimum Gasteiger partial charge on any atom is -0.295 e. The number of aliphatic imine (C=N–C) groups is 2. The molecule has 0 spiro atoms. The van der Waals surface area contributed by atoms with Crippen LogP contribution in [0.15, 0.2) is 22.1 Å². The van der Waals surface area contributed by atoms with E-state index in [1.165, 1.54) is 13.4 Å². The number of likely N-dealkylation sites (tertiary alicyclic amines) is 1. The molecule has 2 saturated heterocycles. The monoisotopic (exact) mass is 290 g/mol. The lowest BCUT2D eigenvalue weighted by atomic mass is 9.96. The first-order chi connectivity index (χ1) is 9.95. The topological polar surface area (TPSA) is 108 Å². The molecular weight excluding hydrogens is 276 g/mol. The summed E-state index contributed by atoms with van der Waals surface area (Å²) in [6.45, 7) is 3.64. The van der Waals surface area contributed by atoms with Crippen molar-refractivity contribution in [2.24, 2.45) is 9.98 Å². The summed E-state index contributed by atoms with van der Waals surface area (Å²) in [4.78, 5) is 55.8. The first-order valence-corrected chi connectivity index (χ1v) is 6.32. The zero-order valence-corrected chi connectivity index (χ0v) is 11.5. The second-order valence-electron chi connectivity index (χ2n) is 4.67. The SMILES string of the molecule is C=C1CC(=O)N(C2CCC(=O)NC2=O)C(=O)C1=NC=NC. The maximum Gasteiger partial charge on any atom is 0.280 e. The fourth-order valence-corrected chi connectivity index (χ4v) is 2.24. The highest BCUT2D eigenvalue weighted by atomic mass is 16.2. The van der Waals surface area contributed by atoms with Gasteiger partial charge in [-0.3, -0.25) is 34.4 Å². The van der Waals surface area contributed by atoms with Crippen molar-refractivity contribution < 1.29 is 19.2 Å². The largest absolute Gasteiger partial charge is 0.295 e. The van der Waals surface area contributed by atoms with Crippen LogP contribution < -0.4 is 5.32 Å². The standard InChI is InChI=1S/C13H14N4O4/c1-7-5-10(19)17(13(21)11(7)15-6-14-2)8-3-4-9(18)16-12(8)20/h6,8H,1,3-5H2,2H3,(H,16,18,20). The fourth-order valence-electron chi connectivity index (χ4n) is 2.24. The molecule has 0 saturated carbocycles. The molecule has 2 aliphatic rings. The van der Waals surface area contributed by atoms with Gasteiger partial charge in [0.05, 0.1) is 6.42 Å². The average Bonchev–Trinajstić information content (AvgIpc) is 2.40. The molecule has 0 aliphatic carbocycles. The number of imide groups is 2. The molecular formula is C13H14N4O4. The van der Waals surface area contributed by atoms with E-state index in [0.717, 1.165) is 4.90 Å². The molecule has 1 unspecified atom stereocenters. The molecule has 110 valence electrons. The Kier molecular flexibility index (Phi) is 4.06. The number of hydrogen-bond acceptors (Lipinski definition) is 5. The summed E-state index contributed by atoms with van der Waals surface area (Å²) in [5, 5.41) is 2.12. The van der Waals surface area contributed by atoms with Gasteiger partial charge >= 0.3 is 0 Å². The number of hydrogen-bond donors (Lipinski definition) is 1. The van der Waals surface area contributed by atoms with Gasteiger partial charge in [-0.25, -0.2) is 4.99 Å². The minimum absolute atomic E-state index is 0.00454. The van der Waals surface area contributed by atoms with E-state index < -0.39 is 29.7 Å². The van der Waals surface area contributed by atoms with E-state index >= 15 is 0 Å². The fraction of sp³-hybridized carbons (Fsp3) is 0.385. The highest BCUT2D eigenvalue weighted by Gasteiger charge is 2.43. The van der Waals surface area contributed by atoms with Crippen molar-refractivity contribution in [3.8, 4) is 0 Å². The van der Waals surface area contributed by atoms with E-state index in [1.54, 1.807) is 0 Å². The van der Waals surface area contributed by atoms with Crippen molar-refractivity contribution in [1.29, 1.82) is 0 Å². The second-order valence-corrected chi connectivity index (χ2v) is 4.67. The van der Waals surface area contributed by atoms with Crippen LogP contribution in [0.1, 0.15) is 19.3 Å². The van der Waals surface area contributed by atoms with Crippen molar-refractivity contribution in [3.05, 3.63) is 12.2 Å². The molecule has 2 aliphatic heterocycles. The zero-order valence-electron chi connectivity index (χ0n) is 11.5. The van der Waals surface area contributed by atoms with Crippen molar-refractivity contribution in [1.82, 2.24) is 10.2 Å². The van der Waals surface area contributed by atoms with Crippen LogP contribution in [0.2, 0.25) is 0 Å². The maximum atomic E-state index is 12.4. The lowest BCUT2D eigenvalue weighted by Gasteiger charge is -2.34. The van der Waals surface area contributed by atoms with Crippen molar-refractivity contribution >= 4 is 35.7 Å². The molecule has 2 rings (SSSR count). The van der Waals surface area contributed by atoms with Crippen LogP contribution >= 0.6 is 0 Å². The Morgan fingerprint density at radius 3 is 2.67 bits per heavy atom. The summed E-state index contributed by atoms with van der Waals surface area (Å²) in [6, 6.07) is -0.987. The summed E-state index contributed by atoms with van der Waals surface area (Å²) in [5.74, 6) is -2.27. The Balaban J connectivity index is 2.32. The van der Waals surface area contributed by atoms with Crippen LogP contribution in [0.25, 0.3) is 0 Å². The molecule has 8 heteroatoms. The van der Waals surface area contributed by atoms with Crippen molar-refractivity contribution in [2.75, 3.05) is 7.05 Å². The quantitative estimate of drug-likeness (QED) is 0.408. The predicted octanol–water partition coefficient (Wildman–Crippen LogP) is -0.794. The molecule has 2 fully saturated rings. The molecule has 2 heterocycles. The van der Waals surface area contributed by atoms with Crippen LogP contribution in [0.4, 0.5) is 0 Å². The number of rotatable bonds is 2. The van der Waals surface area contributed by atoms with Gasteiger partial charge in [-0.15, -0.1) is 0 Å². The van der Waals surface area contributed by atoms with Crippen LogP contribution in [-0.4, -0.2) is 53.7 Å². The predicted molar refractivity (Wildman–Crippen MR) is 73.6 cm³/mol. The van der Waals surface area contributed by atoms with Gasteiger partial charge in [0, 0.05) is 13.5 Å². The van der Waals surface area contributed by atoms with Gasteiger partial charge in [-0.2, -0.15) is 0 Å². The first-order valence-electron chi connectivity index (χ1n) is 6.32. The Labute approximate surface area is 120 Å². The van der Waals surface area contributed by atoms with Crippen LogP contribution in [0, 0.1) is 0 Å². The molecule has 0 aromatic carbocycles. The van der Waals surface area contributed by atoms with E-state index in [9.17, 15) is 19.2 Å². The lowest BCUT2D eigenvalue weighted by Crippen LogP contribution is -2.59. The number of carbonyl (C=O) groups excluding carboxylic acids is 4. The molecule has 0 aromatic rings. The summed E-state index contributed by atoms with van der Waals surface area (Å²) in [7, 11) is 1.49. The third kappa shape index (κ3) is 2.78. The number of nitrogens with zero attached hydrogens (tertiary/aromatic N) is 3. The van der Waals surface area contributed by atoms with Gasteiger partial charge < -0.3 is 0 Å². The van der Waals surface area contributed by atoms with Crippen LogP contribution in [0.3, 0.4) is 0 Å². The molecule has 0 aromatic heterocycles. The Bertz CT molecular complexity index is 605. The molecule has 0 bridgehead atoms. The molecule has 4 amide bonds. The van der Waals surface area contributed by atoms with Crippen LogP contribution in [0.5, 0.6) is 0 Å². The molecule has 1 atom stereocenters. The summed E-state index contributed by atoms with van der Waals surface area (Å²) >= 11 is 0. The van der Waals surface area contributed by atoms with E-state index in [-0.39, 0.29) is 30.5 Å². The van der Waals surface area contributed by atoms with E-state index in [0.29, 0.717) is 0 Å². The second kappa shape index (κ2) is 5.78. The Morgan fingerprint density at radius 2 is 2.05 bits per heavy atom. The summed E-state index contributed by atoms with van der Waals surface area (Å²) in [5.41, 5.74) is 0.290. The molecule has 8 nitrogen and oxygen atoms in total. The minimum atomic E-state index is -0.987. The average molecular weight is 290 g/mol. The number of nitrogens with one attached hydrogen (secondary N) is 1. The number of carbonyl (C=O) groups is 4. The Hall–Kier alpha value is -2.64. The van der Waals surface area contributed by atoms with Gasteiger partial charge in [-0.1, -0.05) is 6.58 Å². The zero-order chi connectivity index (χ0) is 15.6. The maximum absolute atomic E-state index is 12.4. The van der Waals surface area contributed by atoms with Crippen molar-refractivity contribution in [3.63, 3.8) is 0 Å². The third-order valence-corrected chi connectivity index (χ3v) is 3.21. The summed E-state index contributed by atoms with van der Waals surface area (Å²) in [6.07, 6.45) is 1.28. The smallest absolute Gasteiger partial charge is 0.280 e. The van der Waals surface area contributed by atoms with E-state index in [1.807, 2.05) is 0 Å². The molecule has 0 radical (unpaired) electrons. The summed E-state index contributed by atoms with van der Waals surface area (Å²) < 4.78 is 0. The number of piperidine rings is 2. The normalized spacial score (nSPS) is 26.0. The lowest BCUT2D eigenvalue weighted by molar-refractivity contribution is -0.152. The third-order valence-electron chi connectivity index (χ3n) is 3.21. The van der Waals surface area contributed by atoms with Gasteiger partial charge in [0.25, 0.3) is 5.91 Å². The van der Waals surface area contributed by atoms with Crippen LogP contribution in [-0.2, 0) is 19.2 Å². The van der Waals surface area contributed by atoms with Crippen molar-refractivity contribution in [2.45, 2.75) is 25.3 Å². The highest BCUT2D eigenvalue weighted by molar-refractivity contribution is 6.50. The highest BCUT2D eigenvalue weighted by Crippen LogP contribution is 2.21.